The first-order valence-corrected chi connectivity index (χ1v) is 14.4. The number of rotatable bonds is 10. The van der Waals surface area contributed by atoms with E-state index in [1.54, 1.807) is 43.3 Å². The predicted molar refractivity (Wildman–Crippen MR) is 151 cm³/mol. The molecule has 1 aliphatic rings. The van der Waals surface area contributed by atoms with Crippen molar-refractivity contribution in [2.75, 3.05) is 29.9 Å². The second kappa shape index (κ2) is 12.5. The number of sulfonamides is 1. The number of nitrogens with zero attached hydrogens (tertiary/aromatic N) is 1. The van der Waals surface area contributed by atoms with Crippen LogP contribution in [0.5, 0.6) is 5.75 Å². The molecule has 0 saturated carbocycles. The molecule has 1 heterocycles. The van der Waals surface area contributed by atoms with Gasteiger partial charge in [-0.25, -0.2) is 13.1 Å². The van der Waals surface area contributed by atoms with Gasteiger partial charge < -0.3 is 20.7 Å². The molecule has 39 heavy (non-hydrogen) atoms. The lowest BCUT2D eigenvalue weighted by Gasteiger charge is -2.33. The monoisotopic (exact) mass is 570 g/mol. The second-order valence-corrected chi connectivity index (χ2v) is 11.5. The van der Waals surface area contributed by atoms with Crippen LogP contribution in [0.15, 0.2) is 77.7 Å². The summed E-state index contributed by atoms with van der Waals surface area (Å²) in [6.45, 7) is 2.45. The van der Waals surface area contributed by atoms with Crippen molar-refractivity contribution in [2.24, 2.45) is 11.7 Å². The van der Waals surface area contributed by atoms with E-state index in [-0.39, 0.29) is 23.3 Å². The largest absolute Gasteiger partial charge is 0.484 e. The molecule has 11 heteroatoms. The van der Waals surface area contributed by atoms with Gasteiger partial charge in [0.1, 0.15) is 10.6 Å². The Morgan fingerprint density at radius 1 is 1.05 bits per heavy atom. The average molecular weight is 571 g/mol. The fraction of sp³-hybridized carbons (Fsp3) is 0.286. The summed E-state index contributed by atoms with van der Waals surface area (Å²) in [5.41, 5.74) is 7.08. The molecular formula is C28H31ClN4O5S. The lowest BCUT2D eigenvalue weighted by molar-refractivity contribution is -0.122. The molecule has 0 bridgehead atoms. The fourth-order valence-electron chi connectivity index (χ4n) is 4.46. The minimum Gasteiger partial charge on any atom is -0.484 e. The smallest absolute Gasteiger partial charge is 0.262 e. The van der Waals surface area contributed by atoms with Gasteiger partial charge in [-0.15, -0.1) is 0 Å². The van der Waals surface area contributed by atoms with Crippen LogP contribution >= 0.6 is 11.6 Å². The number of amides is 2. The number of hydrogen-bond acceptors (Lipinski definition) is 6. The van der Waals surface area contributed by atoms with E-state index in [1.165, 1.54) is 6.07 Å². The van der Waals surface area contributed by atoms with Crippen molar-refractivity contribution in [3.05, 3.63) is 83.4 Å². The molecule has 206 valence electrons. The van der Waals surface area contributed by atoms with E-state index in [4.69, 9.17) is 22.1 Å². The van der Waals surface area contributed by atoms with Crippen molar-refractivity contribution in [3.63, 3.8) is 0 Å². The van der Waals surface area contributed by atoms with Gasteiger partial charge in [0.05, 0.1) is 5.69 Å². The zero-order valence-electron chi connectivity index (χ0n) is 21.5. The van der Waals surface area contributed by atoms with Gasteiger partial charge in [0, 0.05) is 35.8 Å². The molecule has 1 fully saturated rings. The third kappa shape index (κ3) is 7.50. The van der Waals surface area contributed by atoms with Gasteiger partial charge in [0.2, 0.25) is 15.9 Å². The van der Waals surface area contributed by atoms with Crippen molar-refractivity contribution in [2.45, 2.75) is 30.7 Å². The average Bonchev–Trinajstić information content (AvgIpc) is 2.93. The number of carbonyl (C=O) groups is 2. The summed E-state index contributed by atoms with van der Waals surface area (Å²) < 4.78 is 35.6. The minimum atomic E-state index is -4.01. The number of anilines is 2. The summed E-state index contributed by atoms with van der Waals surface area (Å²) in [6, 6.07) is 20.1. The molecule has 2 amide bonds. The molecular weight excluding hydrogens is 540 g/mol. The van der Waals surface area contributed by atoms with Gasteiger partial charge in [-0.2, -0.15) is 0 Å². The molecule has 1 atom stereocenters. The third-order valence-corrected chi connectivity index (χ3v) is 8.41. The van der Waals surface area contributed by atoms with Gasteiger partial charge in [0.15, 0.2) is 6.61 Å². The molecule has 0 radical (unpaired) electrons. The van der Waals surface area contributed by atoms with Gasteiger partial charge in [-0.05, 0) is 67.8 Å². The first-order valence-electron chi connectivity index (χ1n) is 12.6. The van der Waals surface area contributed by atoms with E-state index in [2.05, 4.69) is 10.0 Å². The fourth-order valence-corrected chi connectivity index (χ4v) is 6.07. The van der Waals surface area contributed by atoms with E-state index in [0.717, 1.165) is 5.56 Å². The Morgan fingerprint density at radius 2 is 1.72 bits per heavy atom. The zero-order valence-corrected chi connectivity index (χ0v) is 23.0. The molecule has 4 rings (SSSR count). The van der Waals surface area contributed by atoms with Crippen LogP contribution in [0, 0.1) is 5.92 Å². The molecule has 4 N–H and O–H groups in total. The van der Waals surface area contributed by atoms with Crippen molar-refractivity contribution in [3.8, 4) is 5.75 Å². The maximum atomic E-state index is 13.7. The number of hydrogen-bond donors (Lipinski definition) is 3. The molecule has 1 saturated heterocycles. The number of halogens is 1. The predicted octanol–water partition coefficient (Wildman–Crippen LogP) is 4.10. The SMILES string of the molecule is C[C@H](NS(=O)(=O)c1cc(NC(=O)COc2ccc(Cl)cc2)ccc1N1CCC(C(N)=O)CC1)c1ccccc1. The van der Waals surface area contributed by atoms with Crippen LogP contribution in [0.25, 0.3) is 0 Å². The van der Waals surface area contributed by atoms with Crippen LogP contribution in [0.1, 0.15) is 31.4 Å². The number of primary amides is 1. The molecule has 0 spiro atoms. The van der Waals surface area contributed by atoms with Crippen molar-refractivity contribution in [1.82, 2.24) is 4.72 Å². The van der Waals surface area contributed by atoms with Crippen LogP contribution in [0.2, 0.25) is 5.02 Å². The summed E-state index contributed by atoms with van der Waals surface area (Å²) in [7, 11) is -4.01. The number of ether oxygens (including phenoxy) is 1. The molecule has 1 aliphatic heterocycles. The first kappa shape index (κ1) is 28.4. The highest BCUT2D eigenvalue weighted by atomic mass is 35.5. The summed E-state index contributed by atoms with van der Waals surface area (Å²) >= 11 is 5.88. The Balaban J connectivity index is 1.56. The number of nitrogens with two attached hydrogens (primary N) is 1. The quantitative estimate of drug-likeness (QED) is 0.336. The van der Waals surface area contributed by atoms with E-state index in [1.807, 2.05) is 35.2 Å². The Labute approximate surface area is 233 Å². The Hall–Kier alpha value is -3.60. The Morgan fingerprint density at radius 3 is 2.36 bits per heavy atom. The third-order valence-electron chi connectivity index (χ3n) is 6.59. The summed E-state index contributed by atoms with van der Waals surface area (Å²) in [5.74, 6) is -0.558. The van der Waals surface area contributed by atoms with Gasteiger partial charge in [-0.3, -0.25) is 9.59 Å². The van der Waals surface area contributed by atoms with Gasteiger partial charge >= 0.3 is 0 Å². The highest BCUT2D eigenvalue weighted by molar-refractivity contribution is 7.89. The number of nitrogens with one attached hydrogen (secondary N) is 2. The van der Waals surface area contributed by atoms with Crippen LogP contribution in [0.3, 0.4) is 0 Å². The van der Waals surface area contributed by atoms with Crippen molar-refractivity contribution < 1.29 is 22.7 Å². The van der Waals surface area contributed by atoms with E-state index in [9.17, 15) is 18.0 Å². The second-order valence-electron chi connectivity index (χ2n) is 9.39. The van der Waals surface area contributed by atoms with Crippen LogP contribution < -0.4 is 25.4 Å². The standard InChI is InChI=1S/C28H31ClN4O5S/c1-19(20-5-3-2-4-6-20)32-39(36,37)26-17-23(31-27(34)18-38-24-10-7-22(29)8-11-24)9-12-25(26)33-15-13-21(14-16-33)28(30)35/h2-12,17,19,21,32H,13-16,18H2,1H3,(H2,30,35)(H,31,34)/t19-/m0/s1. The molecule has 0 aromatic heterocycles. The van der Waals surface area contributed by atoms with Crippen LogP contribution in [0.4, 0.5) is 11.4 Å². The Kier molecular flexibility index (Phi) is 9.11. The lowest BCUT2D eigenvalue weighted by atomic mass is 9.96. The van der Waals surface area contributed by atoms with E-state index >= 15 is 0 Å². The van der Waals surface area contributed by atoms with Crippen molar-refractivity contribution in [1.29, 1.82) is 0 Å². The minimum absolute atomic E-state index is 0.0271. The maximum absolute atomic E-state index is 13.7. The lowest BCUT2D eigenvalue weighted by Crippen LogP contribution is -2.39. The molecule has 9 nitrogen and oxygen atoms in total. The normalized spacial score (nSPS) is 15.0. The zero-order chi connectivity index (χ0) is 28.0. The maximum Gasteiger partial charge on any atom is 0.262 e. The highest BCUT2D eigenvalue weighted by Gasteiger charge is 2.29. The summed E-state index contributed by atoms with van der Waals surface area (Å²) in [6.07, 6.45) is 1.06. The van der Waals surface area contributed by atoms with Crippen LogP contribution in [-0.4, -0.2) is 39.9 Å². The number of carbonyl (C=O) groups excluding carboxylic acids is 2. The van der Waals surface area contributed by atoms with E-state index in [0.29, 0.717) is 48.1 Å². The Bertz CT molecular complexity index is 1410. The highest BCUT2D eigenvalue weighted by Crippen LogP contribution is 2.32. The topological polar surface area (TPSA) is 131 Å². The van der Waals surface area contributed by atoms with E-state index < -0.39 is 22.0 Å². The van der Waals surface area contributed by atoms with Crippen molar-refractivity contribution >= 4 is 44.8 Å². The number of benzene rings is 3. The summed E-state index contributed by atoms with van der Waals surface area (Å²) in [5, 5.41) is 3.26. The van der Waals surface area contributed by atoms with Crippen LogP contribution in [-0.2, 0) is 19.6 Å². The number of piperidine rings is 1. The molecule has 0 unspecified atom stereocenters. The molecule has 3 aromatic carbocycles. The van der Waals surface area contributed by atoms with Gasteiger partial charge in [0.25, 0.3) is 5.91 Å². The first-order chi connectivity index (χ1) is 18.6. The molecule has 3 aromatic rings. The summed E-state index contributed by atoms with van der Waals surface area (Å²) in [4.78, 5) is 26.2. The van der Waals surface area contributed by atoms with Gasteiger partial charge in [-0.1, -0.05) is 41.9 Å². The molecule has 0 aliphatic carbocycles.